The Labute approximate surface area is 109 Å². The number of likely N-dealkylation sites (tertiary alicyclic amines) is 1. The summed E-state index contributed by atoms with van der Waals surface area (Å²) < 4.78 is 0. The summed E-state index contributed by atoms with van der Waals surface area (Å²) in [4.78, 5) is 45.8. The summed E-state index contributed by atoms with van der Waals surface area (Å²) in [6, 6.07) is -1.25. The van der Waals surface area contributed by atoms with E-state index < -0.39 is 29.8 Å². The van der Waals surface area contributed by atoms with E-state index in [4.69, 9.17) is 10.2 Å². The van der Waals surface area contributed by atoms with Gasteiger partial charge in [-0.25, -0.2) is 4.79 Å². The van der Waals surface area contributed by atoms with Crippen molar-refractivity contribution in [2.45, 2.75) is 25.3 Å². The maximum atomic E-state index is 11.8. The minimum absolute atomic E-state index is 0.0492. The molecule has 1 heterocycles. The van der Waals surface area contributed by atoms with Crippen LogP contribution in [0.25, 0.3) is 0 Å². The van der Waals surface area contributed by atoms with Crippen LogP contribution in [0.15, 0.2) is 0 Å². The Balaban J connectivity index is 2.54. The standard InChI is InChI=1S/C11H16N2O6/c1-13-5-6(4-8(13)14)10(17)12-7(11(18)19)2-3-9(15)16/h6-7H,2-5H2,1H3,(H,12,17)(H,15,16)(H,18,19). The zero-order chi connectivity index (χ0) is 14.6. The number of hydrogen-bond acceptors (Lipinski definition) is 4. The van der Waals surface area contributed by atoms with Crippen molar-refractivity contribution >= 4 is 23.8 Å². The second kappa shape index (κ2) is 6.17. The van der Waals surface area contributed by atoms with Crippen LogP contribution in [-0.2, 0) is 19.2 Å². The molecule has 1 rings (SSSR count). The smallest absolute Gasteiger partial charge is 0.326 e. The van der Waals surface area contributed by atoms with Crippen molar-refractivity contribution in [2.75, 3.05) is 13.6 Å². The van der Waals surface area contributed by atoms with Gasteiger partial charge in [0, 0.05) is 26.4 Å². The van der Waals surface area contributed by atoms with E-state index in [1.807, 2.05) is 0 Å². The summed E-state index contributed by atoms with van der Waals surface area (Å²) >= 11 is 0. The van der Waals surface area contributed by atoms with Crippen molar-refractivity contribution in [3.8, 4) is 0 Å². The Morgan fingerprint density at radius 1 is 1.42 bits per heavy atom. The number of nitrogens with zero attached hydrogens (tertiary/aromatic N) is 1. The molecule has 19 heavy (non-hydrogen) atoms. The van der Waals surface area contributed by atoms with Crippen molar-refractivity contribution in [3.63, 3.8) is 0 Å². The first-order valence-electron chi connectivity index (χ1n) is 5.80. The lowest BCUT2D eigenvalue weighted by Gasteiger charge is -2.16. The Hall–Kier alpha value is -2.12. The van der Waals surface area contributed by atoms with Crippen LogP contribution in [0.4, 0.5) is 0 Å². The number of carbonyl (C=O) groups excluding carboxylic acids is 2. The fourth-order valence-corrected chi connectivity index (χ4v) is 1.85. The van der Waals surface area contributed by atoms with Crippen LogP contribution >= 0.6 is 0 Å². The summed E-state index contributed by atoms with van der Waals surface area (Å²) in [5, 5.41) is 19.7. The third-order valence-electron chi connectivity index (χ3n) is 2.97. The minimum atomic E-state index is -1.28. The average Bonchev–Trinajstić information content (AvgIpc) is 2.64. The number of amides is 2. The summed E-state index contributed by atoms with van der Waals surface area (Å²) in [7, 11) is 1.56. The van der Waals surface area contributed by atoms with E-state index in [9.17, 15) is 19.2 Å². The van der Waals surface area contributed by atoms with E-state index in [2.05, 4.69) is 5.32 Å². The Kier molecular flexibility index (Phi) is 4.85. The number of carbonyl (C=O) groups is 4. The van der Waals surface area contributed by atoms with E-state index >= 15 is 0 Å². The van der Waals surface area contributed by atoms with Crippen molar-refractivity contribution in [1.82, 2.24) is 10.2 Å². The molecule has 0 spiro atoms. The number of rotatable bonds is 6. The van der Waals surface area contributed by atoms with Gasteiger partial charge in [0.25, 0.3) is 0 Å². The van der Waals surface area contributed by atoms with Crippen LogP contribution in [0, 0.1) is 5.92 Å². The Morgan fingerprint density at radius 3 is 2.47 bits per heavy atom. The van der Waals surface area contributed by atoms with Crippen LogP contribution in [0.2, 0.25) is 0 Å². The molecule has 0 aromatic heterocycles. The van der Waals surface area contributed by atoms with Gasteiger partial charge in [-0.1, -0.05) is 0 Å². The predicted molar refractivity (Wildman–Crippen MR) is 62.2 cm³/mol. The van der Waals surface area contributed by atoms with E-state index in [1.165, 1.54) is 4.90 Å². The first-order chi connectivity index (χ1) is 8.81. The number of hydrogen-bond donors (Lipinski definition) is 3. The second-order valence-electron chi connectivity index (χ2n) is 4.51. The largest absolute Gasteiger partial charge is 0.481 e. The highest BCUT2D eigenvalue weighted by atomic mass is 16.4. The van der Waals surface area contributed by atoms with Crippen molar-refractivity contribution in [1.29, 1.82) is 0 Å². The fourth-order valence-electron chi connectivity index (χ4n) is 1.85. The van der Waals surface area contributed by atoms with Crippen LogP contribution in [-0.4, -0.2) is 58.5 Å². The van der Waals surface area contributed by atoms with Gasteiger partial charge in [0.05, 0.1) is 5.92 Å². The van der Waals surface area contributed by atoms with Crippen molar-refractivity contribution < 1.29 is 29.4 Å². The van der Waals surface area contributed by atoms with Gasteiger partial charge in [-0.15, -0.1) is 0 Å². The molecule has 3 N–H and O–H groups in total. The highest BCUT2D eigenvalue weighted by Crippen LogP contribution is 2.16. The highest BCUT2D eigenvalue weighted by Gasteiger charge is 2.34. The van der Waals surface area contributed by atoms with Gasteiger partial charge in [0.15, 0.2) is 0 Å². The molecule has 1 fully saturated rings. The van der Waals surface area contributed by atoms with Gasteiger partial charge in [0.1, 0.15) is 6.04 Å². The topological polar surface area (TPSA) is 124 Å². The SMILES string of the molecule is CN1CC(C(=O)NC(CCC(=O)O)C(=O)O)CC1=O. The van der Waals surface area contributed by atoms with Crippen LogP contribution < -0.4 is 5.32 Å². The highest BCUT2D eigenvalue weighted by molar-refractivity contribution is 5.91. The lowest BCUT2D eigenvalue weighted by atomic mass is 10.1. The summed E-state index contributed by atoms with van der Waals surface area (Å²) in [6.07, 6.45) is -0.485. The third-order valence-corrected chi connectivity index (χ3v) is 2.97. The van der Waals surface area contributed by atoms with Gasteiger partial charge in [0.2, 0.25) is 11.8 Å². The molecule has 1 saturated heterocycles. The van der Waals surface area contributed by atoms with Gasteiger partial charge < -0.3 is 20.4 Å². The molecule has 0 aromatic rings. The van der Waals surface area contributed by atoms with E-state index in [0.29, 0.717) is 0 Å². The first kappa shape index (κ1) is 14.9. The van der Waals surface area contributed by atoms with Crippen LogP contribution in [0.3, 0.4) is 0 Å². The summed E-state index contributed by atoms with van der Waals surface area (Å²) in [5.74, 6) is -3.69. The van der Waals surface area contributed by atoms with Gasteiger partial charge in [-0.2, -0.15) is 0 Å². The molecule has 0 bridgehead atoms. The molecule has 2 atom stereocenters. The van der Waals surface area contributed by atoms with Crippen molar-refractivity contribution in [2.24, 2.45) is 5.92 Å². The summed E-state index contributed by atoms with van der Waals surface area (Å²) in [6.45, 7) is 0.246. The molecule has 8 heteroatoms. The molecule has 1 aliphatic rings. The summed E-state index contributed by atoms with van der Waals surface area (Å²) in [5.41, 5.74) is 0. The quantitative estimate of drug-likeness (QED) is 0.563. The zero-order valence-corrected chi connectivity index (χ0v) is 10.5. The molecule has 8 nitrogen and oxygen atoms in total. The van der Waals surface area contributed by atoms with E-state index in [1.54, 1.807) is 7.05 Å². The molecule has 106 valence electrons. The Morgan fingerprint density at radius 2 is 2.05 bits per heavy atom. The number of nitrogens with one attached hydrogen (secondary N) is 1. The van der Waals surface area contributed by atoms with Crippen LogP contribution in [0.5, 0.6) is 0 Å². The molecule has 0 saturated carbocycles. The van der Waals surface area contributed by atoms with E-state index in [0.717, 1.165) is 0 Å². The second-order valence-corrected chi connectivity index (χ2v) is 4.51. The van der Waals surface area contributed by atoms with Gasteiger partial charge in [-0.3, -0.25) is 14.4 Å². The molecular formula is C11H16N2O6. The molecular weight excluding hydrogens is 256 g/mol. The molecule has 0 aromatic carbocycles. The lowest BCUT2D eigenvalue weighted by Crippen LogP contribution is -2.44. The molecule has 0 radical (unpaired) electrons. The van der Waals surface area contributed by atoms with Gasteiger partial charge >= 0.3 is 11.9 Å². The third kappa shape index (κ3) is 4.23. The number of carboxylic acids is 2. The van der Waals surface area contributed by atoms with Crippen LogP contribution in [0.1, 0.15) is 19.3 Å². The average molecular weight is 272 g/mol. The lowest BCUT2D eigenvalue weighted by molar-refractivity contribution is -0.143. The number of carboxylic acid groups (broad SMARTS) is 2. The molecule has 1 aliphatic heterocycles. The maximum absolute atomic E-state index is 11.8. The molecule has 2 amide bonds. The minimum Gasteiger partial charge on any atom is -0.481 e. The zero-order valence-electron chi connectivity index (χ0n) is 10.5. The first-order valence-corrected chi connectivity index (χ1v) is 5.80. The van der Waals surface area contributed by atoms with Gasteiger partial charge in [-0.05, 0) is 6.42 Å². The predicted octanol–water partition coefficient (Wildman–Crippen LogP) is -1.10. The fraction of sp³-hybridized carbons (Fsp3) is 0.636. The normalized spacial score (nSPS) is 20.2. The van der Waals surface area contributed by atoms with Crippen molar-refractivity contribution in [3.05, 3.63) is 0 Å². The van der Waals surface area contributed by atoms with E-state index in [-0.39, 0.29) is 31.7 Å². The molecule has 0 aliphatic carbocycles. The number of aliphatic carboxylic acids is 2. The Bertz CT molecular complexity index is 408. The monoisotopic (exact) mass is 272 g/mol. The maximum Gasteiger partial charge on any atom is 0.326 e. The molecule has 2 unspecified atom stereocenters.